The van der Waals surface area contributed by atoms with Gasteiger partial charge in [0.25, 0.3) is 0 Å². The number of rotatable bonds is 7. The van der Waals surface area contributed by atoms with E-state index < -0.39 is 25.4 Å². The first kappa shape index (κ1) is 18.6. The Balaban J connectivity index is 2.27. The van der Waals surface area contributed by atoms with E-state index in [1.54, 1.807) is 30.3 Å². The van der Waals surface area contributed by atoms with Crippen LogP contribution in [0.15, 0.2) is 54.6 Å². The molecule has 0 aliphatic heterocycles. The number of aliphatic carboxylic acids is 1. The normalized spacial score (nSPS) is 14.1. The summed E-state index contributed by atoms with van der Waals surface area (Å²) in [6.45, 7) is 0. The monoisotopic (exact) mass is 369 g/mol. The molecule has 0 aromatic heterocycles. The maximum absolute atomic E-state index is 11.8. The number of carboxylic acids is 1. The van der Waals surface area contributed by atoms with E-state index in [0.717, 1.165) is 5.56 Å². The van der Waals surface area contributed by atoms with Gasteiger partial charge in [0.1, 0.15) is 11.8 Å². The van der Waals surface area contributed by atoms with Crippen molar-refractivity contribution in [3.05, 3.63) is 70.7 Å². The number of nitrogens with one attached hydrogen (secondary N) is 1. The van der Waals surface area contributed by atoms with Crippen molar-refractivity contribution in [2.75, 3.05) is 0 Å². The van der Waals surface area contributed by atoms with E-state index in [-0.39, 0.29) is 12.0 Å². The molecule has 0 spiro atoms. The first-order chi connectivity index (χ1) is 11.3. The highest BCUT2D eigenvalue weighted by Crippen LogP contribution is 2.50. The quantitative estimate of drug-likeness (QED) is 0.559. The summed E-state index contributed by atoms with van der Waals surface area (Å²) >= 11 is 5.79. The molecule has 0 aliphatic rings. The highest BCUT2D eigenvalue weighted by Gasteiger charge is 2.34. The van der Waals surface area contributed by atoms with Crippen molar-refractivity contribution in [2.45, 2.75) is 18.2 Å². The Kier molecular flexibility index (Phi) is 6.15. The molecule has 0 radical (unpaired) electrons. The molecule has 0 amide bonds. The van der Waals surface area contributed by atoms with Gasteiger partial charge in [-0.05, 0) is 29.7 Å². The van der Waals surface area contributed by atoms with Crippen LogP contribution < -0.4 is 5.32 Å². The van der Waals surface area contributed by atoms with E-state index in [9.17, 15) is 24.3 Å². The maximum Gasteiger partial charge on any atom is 0.346 e. The largest absolute Gasteiger partial charge is 0.480 e. The average molecular weight is 370 g/mol. The minimum absolute atomic E-state index is 0.0975. The van der Waals surface area contributed by atoms with Gasteiger partial charge in [-0.1, -0.05) is 54.1 Å². The van der Waals surface area contributed by atoms with Gasteiger partial charge in [0.15, 0.2) is 0 Å². The predicted molar refractivity (Wildman–Crippen MR) is 90.9 cm³/mol. The molecule has 2 aromatic carbocycles. The molecular formula is C16H17ClNO5P. The zero-order valence-electron chi connectivity index (χ0n) is 12.5. The third-order valence-electron chi connectivity index (χ3n) is 3.46. The number of hydrogen-bond donors (Lipinski definition) is 4. The minimum atomic E-state index is -4.63. The molecule has 0 bridgehead atoms. The van der Waals surface area contributed by atoms with Crippen molar-refractivity contribution in [2.24, 2.45) is 0 Å². The van der Waals surface area contributed by atoms with Crippen LogP contribution in [0.1, 0.15) is 16.9 Å². The lowest BCUT2D eigenvalue weighted by Gasteiger charge is -2.24. The lowest BCUT2D eigenvalue weighted by molar-refractivity contribution is -0.139. The van der Waals surface area contributed by atoms with Crippen LogP contribution in [0.2, 0.25) is 5.02 Å². The Morgan fingerprint density at radius 2 is 1.67 bits per heavy atom. The standard InChI is InChI=1S/C16H17ClNO5P/c17-13-8-6-12(7-9-13)15(24(21,22)23)18-14(16(19)20)10-11-4-2-1-3-5-11/h1-9,14-15,18H,10H2,(H,19,20)(H2,21,22,23)/t14-,15+/m0/s1. The van der Waals surface area contributed by atoms with Crippen LogP contribution in [0.4, 0.5) is 0 Å². The fourth-order valence-corrected chi connectivity index (χ4v) is 3.35. The zero-order valence-corrected chi connectivity index (χ0v) is 14.2. The lowest BCUT2D eigenvalue weighted by atomic mass is 10.1. The first-order valence-electron chi connectivity index (χ1n) is 7.11. The van der Waals surface area contributed by atoms with Crippen LogP contribution in [0, 0.1) is 0 Å². The van der Waals surface area contributed by atoms with Crippen LogP contribution in [-0.2, 0) is 15.8 Å². The van der Waals surface area contributed by atoms with Crippen LogP contribution in [0.5, 0.6) is 0 Å². The van der Waals surface area contributed by atoms with Crippen molar-refractivity contribution in [1.29, 1.82) is 0 Å². The molecule has 0 fully saturated rings. The maximum atomic E-state index is 11.8. The van der Waals surface area contributed by atoms with E-state index >= 15 is 0 Å². The van der Waals surface area contributed by atoms with Crippen molar-refractivity contribution < 1.29 is 24.3 Å². The summed E-state index contributed by atoms with van der Waals surface area (Å²) in [5.41, 5.74) is 1.02. The zero-order chi connectivity index (χ0) is 17.7. The van der Waals surface area contributed by atoms with Gasteiger partial charge in [-0.25, -0.2) is 0 Å². The van der Waals surface area contributed by atoms with Gasteiger partial charge in [-0.15, -0.1) is 0 Å². The SMILES string of the molecule is O=C(O)[C@H](Cc1ccccc1)N[C@@H](c1ccc(Cl)cc1)P(=O)(O)O. The second-order valence-corrected chi connectivity index (χ2v) is 7.42. The van der Waals surface area contributed by atoms with Gasteiger partial charge in [0, 0.05) is 5.02 Å². The summed E-state index contributed by atoms with van der Waals surface area (Å²) in [5, 5.41) is 12.4. The third-order valence-corrected chi connectivity index (χ3v) is 4.83. The summed E-state index contributed by atoms with van der Waals surface area (Å²) in [4.78, 5) is 30.8. The molecule has 8 heteroatoms. The Labute approximate surface area is 144 Å². The van der Waals surface area contributed by atoms with E-state index in [1.165, 1.54) is 24.3 Å². The first-order valence-corrected chi connectivity index (χ1v) is 9.17. The molecule has 0 aliphatic carbocycles. The Morgan fingerprint density at radius 1 is 1.08 bits per heavy atom. The highest BCUT2D eigenvalue weighted by atomic mass is 35.5. The van der Waals surface area contributed by atoms with Crippen molar-refractivity contribution in [1.82, 2.24) is 5.32 Å². The molecule has 24 heavy (non-hydrogen) atoms. The minimum Gasteiger partial charge on any atom is -0.480 e. The predicted octanol–water partition coefficient (Wildman–Crippen LogP) is 2.80. The molecule has 2 aromatic rings. The van der Waals surface area contributed by atoms with Crippen molar-refractivity contribution in [3.8, 4) is 0 Å². The molecule has 4 N–H and O–H groups in total. The molecule has 0 saturated heterocycles. The summed E-state index contributed by atoms with van der Waals surface area (Å²) in [5.74, 6) is -2.62. The average Bonchev–Trinajstić information content (AvgIpc) is 2.52. The van der Waals surface area contributed by atoms with Gasteiger partial charge < -0.3 is 14.9 Å². The summed E-state index contributed by atoms with van der Waals surface area (Å²) in [7, 11) is -4.63. The van der Waals surface area contributed by atoms with E-state index in [0.29, 0.717) is 5.02 Å². The second kappa shape index (κ2) is 7.92. The van der Waals surface area contributed by atoms with Crippen LogP contribution >= 0.6 is 19.2 Å². The number of hydrogen-bond acceptors (Lipinski definition) is 3. The molecular weight excluding hydrogens is 353 g/mol. The summed E-state index contributed by atoms with van der Waals surface area (Å²) in [6, 6.07) is 13.6. The molecule has 6 nitrogen and oxygen atoms in total. The van der Waals surface area contributed by atoms with Gasteiger partial charge in [0.05, 0.1) is 0 Å². The molecule has 0 unspecified atom stereocenters. The molecule has 128 valence electrons. The van der Waals surface area contributed by atoms with Crippen molar-refractivity contribution >= 4 is 25.2 Å². The number of carbonyl (C=O) groups is 1. The highest BCUT2D eigenvalue weighted by molar-refractivity contribution is 7.52. The van der Waals surface area contributed by atoms with Crippen LogP contribution in [-0.4, -0.2) is 26.9 Å². The molecule has 0 heterocycles. The number of halogens is 1. The summed E-state index contributed by atoms with van der Waals surface area (Å²) < 4.78 is 11.8. The smallest absolute Gasteiger partial charge is 0.346 e. The number of carboxylic acid groups (broad SMARTS) is 1. The molecule has 2 atom stereocenters. The van der Waals surface area contributed by atoms with Gasteiger partial charge >= 0.3 is 13.6 Å². The molecule has 2 rings (SSSR count). The Morgan fingerprint density at radius 3 is 2.17 bits per heavy atom. The Hall–Kier alpha value is -1.69. The molecule has 0 saturated carbocycles. The van der Waals surface area contributed by atoms with Crippen LogP contribution in [0.25, 0.3) is 0 Å². The van der Waals surface area contributed by atoms with Crippen molar-refractivity contribution in [3.63, 3.8) is 0 Å². The fourth-order valence-electron chi connectivity index (χ4n) is 2.29. The second-order valence-electron chi connectivity index (χ2n) is 5.29. The third kappa shape index (κ3) is 5.16. The van der Waals surface area contributed by atoms with Gasteiger partial charge in [-0.3, -0.25) is 14.7 Å². The van der Waals surface area contributed by atoms with Crippen LogP contribution in [0.3, 0.4) is 0 Å². The van der Waals surface area contributed by atoms with E-state index in [4.69, 9.17) is 11.6 Å². The van der Waals surface area contributed by atoms with Gasteiger partial charge in [-0.2, -0.15) is 0 Å². The Bertz CT molecular complexity index is 732. The van der Waals surface area contributed by atoms with E-state index in [2.05, 4.69) is 5.32 Å². The summed E-state index contributed by atoms with van der Waals surface area (Å²) in [6.07, 6.45) is 0.0975. The fraction of sp³-hybridized carbons (Fsp3) is 0.188. The lowest BCUT2D eigenvalue weighted by Crippen LogP contribution is -2.40. The van der Waals surface area contributed by atoms with Gasteiger partial charge in [0.2, 0.25) is 0 Å². The topological polar surface area (TPSA) is 107 Å². The number of benzene rings is 2. The van der Waals surface area contributed by atoms with E-state index in [1.807, 2.05) is 0 Å².